The highest BCUT2D eigenvalue weighted by atomic mass is 16.5. The summed E-state index contributed by atoms with van der Waals surface area (Å²) in [6, 6.07) is 0. The number of aliphatic hydroxyl groups excluding tert-OH is 1. The van der Waals surface area contributed by atoms with E-state index in [9.17, 15) is 9.59 Å². The molecule has 0 aliphatic carbocycles. The number of carboxylic acids is 1. The molecule has 1 atom stereocenters. The van der Waals surface area contributed by atoms with Crippen LogP contribution in [-0.4, -0.2) is 48.6 Å². The van der Waals surface area contributed by atoms with Crippen LogP contribution in [-0.2, 0) is 19.1 Å². The average Bonchev–Trinajstić information content (AvgIpc) is 2.27. The topological polar surface area (TPSA) is 93.1 Å². The molecule has 0 aliphatic heterocycles. The molecule has 2 N–H and O–H groups in total. The lowest BCUT2D eigenvalue weighted by Gasteiger charge is -2.08. The number of methoxy groups -OCH3 is 1. The Balaban J connectivity index is 0. The van der Waals surface area contributed by atoms with Crippen LogP contribution in [0.15, 0.2) is 25.3 Å². The van der Waals surface area contributed by atoms with Crippen LogP contribution in [0.2, 0.25) is 0 Å². The van der Waals surface area contributed by atoms with Gasteiger partial charge in [0.25, 0.3) is 0 Å². The Morgan fingerprint density at radius 3 is 2.12 bits per heavy atom. The minimum absolute atomic E-state index is 0.0569. The molecule has 0 radical (unpaired) electrons. The van der Waals surface area contributed by atoms with Crippen molar-refractivity contribution in [2.75, 3.05) is 20.3 Å². The van der Waals surface area contributed by atoms with Crippen molar-refractivity contribution in [3.63, 3.8) is 0 Å². The molecule has 0 saturated heterocycles. The second kappa shape index (κ2) is 11.4. The zero-order valence-corrected chi connectivity index (χ0v) is 9.09. The number of rotatable bonds is 6. The number of esters is 1. The van der Waals surface area contributed by atoms with E-state index in [1.165, 1.54) is 7.11 Å². The zero-order chi connectivity index (χ0) is 13.0. The summed E-state index contributed by atoms with van der Waals surface area (Å²) in [5, 5.41) is 16.6. The van der Waals surface area contributed by atoms with Gasteiger partial charge in [0.05, 0.1) is 6.61 Å². The molecular formula is C10H16O6. The summed E-state index contributed by atoms with van der Waals surface area (Å²) in [5.41, 5.74) is 0. The SMILES string of the molecule is C=CC(=O)O.C=CC(=O)OCC(O)COC. The van der Waals surface area contributed by atoms with Gasteiger partial charge in [0.1, 0.15) is 12.7 Å². The molecule has 0 aromatic rings. The molecule has 92 valence electrons. The number of aliphatic hydroxyl groups is 1. The van der Waals surface area contributed by atoms with Crippen LogP contribution in [0.5, 0.6) is 0 Å². The number of hydrogen-bond donors (Lipinski definition) is 2. The van der Waals surface area contributed by atoms with Crippen LogP contribution in [0.4, 0.5) is 0 Å². The molecule has 0 aromatic carbocycles. The predicted molar refractivity (Wildman–Crippen MR) is 56.9 cm³/mol. The van der Waals surface area contributed by atoms with Crippen molar-refractivity contribution in [3.8, 4) is 0 Å². The van der Waals surface area contributed by atoms with Crippen molar-refractivity contribution in [3.05, 3.63) is 25.3 Å². The first kappa shape index (κ1) is 16.8. The molecular weight excluding hydrogens is 216 g/mol. The van der Waals surface area contributed by atoms with E-state index in [1.807, 2.05) is 0 Å². The van der Waals surface area contributed by atoms with Gasteiger partial charge in [-0.1, -0.05) is 13.2 Å². The molecule has 6 heteroatoms. The number of carboxylic acid groups (broad SMARTS) is 1. The van der Waals surface area contributed by atoms with Gasteiger partial charge in [0.2, 0.25) is 0 Å². The Morgan fingerprint density at radius 1 is 1.31 bits per heavy atom. The van der Waals surface area contributed by atoms with Gasteiger partial charge in [-0.05, 0) is 0 Å². The summed E-state index contributed by atoms with van der Waals surface area (Å²) in [5.74, 6) is -1.52. The third-order valence-electron chi connectivity index (χ3n) is 1.12. The first-order valence-electron chi connectivity index (χ1n) is 4.29. The summed E-state index contributed by atoms with van der Waals surface area (Å²) in [6.07, 6.45) is 1.11. The van der Waals surface area contributed by atoms with Crippen molar-refractivity contribution in [1.29, 1.82) is 0 Å². The Morgan fingerprint density at radius 2 is 1.81 bits per heavy atom. The highest BCUT2D eigenvalue weighted by Gasteiger charge is 2.04. The summed E-state index contributed by atoms with van der Waals surface area (Å²) in [6.45, 7) is 6.26. The minimum Gasteiger partial charge on any atom is -0.478 e. The van der Waals surface area contributed by atoms with Crippen LogP contribution >= 0.6 is 0 Å². The molecule has 0 saturated carbocycles. The van der Waals surface area contributed by atoms with E-state index in [4.69, 9.17) is 10.2 Å². The Hall–Kier alpha value is -1.66. The van der Waals surface area contributed by atoms with Gasteiger partial charge in [0.15, 0.2) is 0 Å². The van der Waals surface area contributed by atoms with E-state index in [-0.39, 0.29) is 13.2 Å². The number of aliphatic carboxylic acids is 1. The van der Waals surface area contributed by atoms with Crippen LogP contribution in [0, 0.1) is 0 Å². The lowest BCUT2D eigenvalue weighted by atomic mass is 10.4. The van der Waals surface area contributed by atoms with Gasteiger partial charge in [-0.25, -0.2) is 9.59 Å². The van der Waals surface area contributed by atoms with Crippen molar-refractivity contribution in [1.82, 2.24) is 0 Å². The average molecular weight is 232 g/mol. The Bertz CT molecular complexity index is 235. The molecule has 0 aromatic heterocycles. The van der Waals surface area contributed by atoms with E-state index in [1.54, 1.807) is 0 Å². The fourth-order valence-electron chi connectivity index (χ4n) is 0.478. The smallest absolute Gasteiger partial charge is 0.330 e. The molecule has 0 bridgehead atoms. The van der Waals surface area contributed by atoms with Crippen LogP contribution in [0.1, 0.15) is 0 Å². The molecule has 0 amide bonds. The van der Waals surface area contributed by atoms with Crippen molar-refractivity contribution < 1.29 is 29.3 Å². The van der Waals surface area contributed by atoms with E-state index in [2.05, 4.69) is 22.6 Å². The quantitative estimate of drug-likeness (QED) is 0.494. The lowest BCUT2D eigenvalue weighted by Crippen LogP contribution is -2.22. The normalized spacial score (nSPS) is 10.4. The van der Waals surface area contributed by atoms with Crippen molar-refractivity contribution in [2.24, 2.45) is 0 Å². The molecule has 0 aliphatic rings. The van der Waals surface area contributed by atoms with Gasteiger partial charge in [-0.15, -0.1) is 0 Å². The van der Waals surface area contributed by atoms with Gasteiger partial charge in [-0.2, -0.15) is 0 Å². The first-order chi connectivity index (χ1) is 7.47. The maximum Gasteiger partial charge on any atom is 0.330 e. The fraction of sp³-hybridized carbons (Fsp3) is 0.400. The number of ether oxygens (including phenoxy) is 2. The maximum atomic E-state index is 10.4. The summed E-state index contributed by atoms with van der Waals surface area (Å²) >= 11 is 0. The lowest BCUT2D eigenvalue weighted by molar-refractivity contribution is -0.141. The van der Waals surface area contributed by atoms with Crippen molar-refractivity contribution in [2.45, 2.75) is 6.10 Å². The number of carbonyl (C=O) groups excluding carboxylic acids is 1. The second-order valence-electron chi connectivity index (χ2n) is 2.49. The zero-order valence-electron chi connectivity index (χ0n) is 9.09. The van der Waals surface area contributed by atoms with Gasteiger partial charge < -0.3 is 19.7 Å². The van der Waals surface area contributed by atoms with Gasteiger partial charge in [0, 0.05) is 19.3 Å². The minimum atomic E-state index is -0.981. The predicted octanol–water partition coefficient (Wildman–Crippen LogP) is -0.0201. The third kappa shape index (κ3) is 14.8. The fourth-order valence-corrected chi connectivity index (χ4v) is 0.478. The molecule has 1 unspecified atom stereocenters. The van der Waals surface area contributed by atoms with E-state index >= 15 is 0 Å². The van der Waals surface area contributed by atoms with Crippen LogP contribution in [0.25, 0.3) is 0 Å². The van der Waals surface area contributed by atoms with Gasteiger partial charge in [-0.3, -0.25) is 0 Å². The number of hydrogen-bond acceptors (Lipinski definition) is 5. The largest absolute Gasteiger partial charge is 0.478 e. The monoisotopic (exact) mass is 232 g/mol. The molecule has 6 nitrogen and oxygen atoms in total. The summed E-state index contributed by atoms with van der Waals surface area (Å²) in [7, 11) is 1.46. The third-order valence-corrected chi connectivity index (χ3v) is 1.12. The molecule has 0 spiro atoms. The Kier molecular flexibility index (Phi) is 12.0. The summed E-state index contributed by atoms with van der Waals surface area (Å²) in [4.78, 5) is 19.7. The molecule has 0 rings (SSSR count). The van der Waals surface area contributed by atoms with Gasteiger partial charge >= 0.3 is 11.9 Å². The van der Waals surface area contributed by atoms with E-state index in [0.717, 1.165) is 12.2 Å². The molecule has 0 heterocycles. The van der Waals surface area contributed by atoms with Crippen LogP contribution < -0.4 is 0 Å². The standard InChI is InChI=1S/C7H12O4.C3H4O2/c1-3-7(9)11-5-6(8)4-10-2;1-2-3(4)5/h3,6,8H,1,4-5H2,2H3;2H,1H2,(H,4,5). The molecule has 16 heavy (non-hydrogen) atoms. The highest BCUT2D eigenvalue weighted by Crippen LogP contribution is 1.87. The van der Waals surface area contributed by atoms with E-state index in [0.29, 0.717) is 0 Å². The number of carbonyl (C=O) groups is 2. The van der Waals surface area contributed by atoms with Crippen LogP contribution in [0.3, 0.4) is 0 Å². The first-order valence-corrected chi connectivity index (χ1v) is 4.29. The van der Waals surface area contributed by atoms with Crippen molar-refractivity contribution >= 4 is 11.9 Å². The molecule has 0 fully saturated rings. The maximum absolute atomic E-state index is 10.4. The Labute approximate surface area is 93.8 Å². The summed E-state index contributed by atoms with van der Waals surface area (Å²) < 4.78 is 9.12. The second-order valence-corrected chi connectivity index (χ2v) is 2.49. The highest BCUT2D eigenvalue weighted by molar-refractivity contribution is 5.81. The van der Waals surface area contributed by atoms with E-state index < -0.39 is 18.0 Å².